The molecule has 0 N–H and O–H groups in total. The zero-order valence-corrected chi connectivity index (χ0v) is 11.1. The van der Waals surface area contributed by atoms with Gasteiger partial charge in [-0.05, 0) is 38.1 Å². The maximum Gasteiger partial charge on any atom is 0.159 e. The molecule has 18 heavy (non-hydrogen) atoms. The van der Waals surface area contributed by atoms with Crippen molar-refractivity contribution >= 4 is 11.2 Å². The Morgan fingerprint density at radius 3 is 3.11 bits per heavy atom. The summed E-state index contributed by atoms with van der Waals surface area (Å²) in [6, 6.07) is 4.65. The van der Waals surface area contributed by atoms with Crippen LogP contribution < -0.4 is 0 Å². The van der Waals surface area contributed by atoms with E-state index >= 15 is 0 Å². The van der Waals surface area contributed by atoms with Crippen LogP contribution in [0.5, 0.6) is 0 Å². The highest BCUT2D eigenvalue weighted by Crippen LogP contribution is 2.21. The minimum absolute atomic E-state index is 0.658. The highest BCUT2D eigenvalue weighted by atomic mass is 15.2. The molecule has 0 radical (unpaired) electrons. The number of hydrogen-bond acceptors (Lipinski definition) is 3. The van der Waals surface area contributed by atoms with Crippen molar-refractivity contribution in [2.24, 2.45) is 7.05 Å². The van der Waals surface area contributed by atoms with Gasteiger partial charge in [-0.2, -0.15) is 0 Å². The largest absolute Gasteiger partial charge is 0.316 e. The Morgan fingerprint density at radius 2 is 2.33 bits per heavy atom. The monoisotopic (exact) mass is 244 g/mol. The van der Waals surface area contributed by atoms with Crippen LogP contribution in [0, 0.1) is 0 Å². The quantitative estimate of drug-likeness (QED) is 0.828. The Kier molecular flexibility index (Phi) is 3.04. The lowest BCUT2D eigenvalue weighted by atomic mass is 10.1. The van der Waals surface area contributed by atoms with Crippen molar-refractivity contribution in [3.05, 3.63) is 24.2 Å². The number of imidazole rings is 1. The minimum atomic E-state index is 0.658. The second-order valence-electron chi connectivity index (χ2n) is 5.06. The van der Waals surface area contributed by atoms with E-state index in [1.54, 1.807) is 0 Å². The van der Waals surface area contributed by atoms with E-state index in [0.717, 1.165) is 30.0 Å². The highest BCUT2D eigenvalue weighted by molar-refractivity contribution is 5.70. The first-order valence-electron chi connectivity index (χ1n) is 6.80. The van der Waals surface area contributed by atoms with Gasteiger partial charge in [0.2, 0.25) is 0 Å². The van der Waals surface area contributed by atoms with Crippen molar-refractivity contribution < 1.29 is 0 Å². The first-order valence-corrected chi connectivity index (χ1v) is 6.80. The van der Waals surface area contributed by atoms with E-state index < -0.39 is 0 Å². The van der Waals surface area contributed by atoms with Gasteiger partial charge in [-0.1, -0.05) is 6.92 Å². The topological polar surface area (TPSA) is 34.0 Å². The fourth-order valence-electron chi connectivity index (χ4n) is 3.01. The van der Waals surface area contributed by atoms with Gasteiger partial charge in [0.1, 0.15) is 11.3 Å². The molecule has 0 spiro atoms. The summed E-state index contributed by atoms with van der Waals surface area (Å²) in [5, 5.41) is 0. The van der Waals surface area contributed by atoms with E-state index in [4.69, 9.17) is 4.98 Å². The maximum atomic E-state index is 4.72. The number of likely N-dealkylation sites (tertiary alicyclic amines) is 1. The van der Waals surface area contributed by atoms with Gasteiger partial charge in [-0.15, -0.1) is 0 Å². The Labute approximate surface area is 108 Å². The third-order valence-electron chi connectivity index (χ3n) is 4.04. The van der Waals surface area contributed by atoms with Crippen molar-refractivity contribution in [3.8, 4) is 0 Å². The summed E-state index contributed by atoms with van der Waals surface area (Å²) in [5.41, 5.74) is 2.00. The predicted octanol–water partition coefficient (Wildman–Crippen LogP) is 2.00. The molecule has 0 amide bonds. The fourth-order valence-corrected chi connectivity index (χ4v) is 3.01. The van der Waals surface area contributed by atoms with Crippen LogP contribution in [0.2, 0.25) is 0 Å². The highest BCUT2D eigenvalue weighted by Gasteiger charge is 2.24. The van der Waals surface area contributed by atoms with Crippen molar-refractivity contribution in [3.63, 3.8) is 0 Å². The lowest BCUT2D eigenvalue weighted by molar-refractivity contribution is 0.262. The second-order valence-corrected chi connectivity index (χ2v) is 5.06. The molecule has 0 aromatic carbocycles. The van der Waals surface area contributed by atoms with Gasteiger partial charge in [-0.25, -0.2) is 9.97 Å². The average Bonchev–Trinajstić information content (AvgIpc) is 2.96. The van der Waals surface area contributed by atoms with Crippen LogP contribution in [0.15, 0.2) is 18.3 Å². The lowest BCUT2D eigenvalue weighted by Crippen LogP contribution is -2.31. The zero-order valence-electron chi connectivity index (χ0n) is 11.1. The smallest absolute Gasteiger partial charge is 0.159 e. The molecule has 1 saturated heterocycles. The summed E-state index contributed by atoms with van der Waals surface area (Å²) < 4.78 is 2.14. The van der Waals surface area contributed by atoms with E-state index in [2.05, 4.69) is 28.4 Å². The Balaban J connectivity index is 1.88. The first-order chi connectivity index (χ1) is 8.79. The molecule has 4 nitrogen and oxygen atoms in total. The molecular formula is C14H20N4. The van der Waals surface area contributed by atoms with Crippen LogP contribution in [0.3, 0.4) is 0 Å². The first kappa shape index (κ1) is 11.7. The van der Waals surface area contributed by atoms with E-state index in [1.165, 1.54) is 19.4 Å². The molecule has 1 atom stereocenters. The number of aromatic nitrogens is 3. The molecular weight excluding hydrogens is 224 g/mol. The van der Waals surface area contributed by atoms with Gasteiger partial charge in [0.05, 0.1) is 0 Å². The molecule has 1 aliphatic rings. The van der Waals surface area contributed by atoms with Crippen molar-refractivity contribution in [1.29, 1.82) is 0 Å². The van der Waals surface area contributed by atoms with Crippen molar-refractivity contribution in [1.82, 2.24) is 19.4 Å². The van der Waals surface area contributed by atoms with Crippen LogP contribution in [-0.2, 0) is 13.5 Å². The second kappa shape index (κ2) is 4.69. The zero-order chi connectivity index (χ0) is 12.5. The third kappa shape index (κ3) is 1.90. The summed E-state index contributed by atoms with van der Waals surface area (Å²) in [6.45, 7) is 4.63. The number of likely N-dealkylation sites (N-methyl/N-ethyl adjacent to an activating group) is 1. The molecule has 3 heterocycles. The number of aryl methyl sites for hydroxylation is 1. The molecule has 0 saturated carbocycles. The van der Waals surface area contributed by atoms with Gasteiger partial charge >= 0.3 is 0 Å². The Bertz CT molecular complexity index is 546. The van der Waals surface area contributed by atoms with Crippen molar-refractivity contribution in [2.75, 3.05) is 13.1 Å². The van der Waals surface area contributed by atoms with E-state index in [9.17, 15) is 0 Å². The van der Waals surface area contributed by atoms with Gasteiger partial charge in [0.25, 0.3) is 0 Å². The normalized spacial score (nSPS) is 20.9. The molecule has 2 aromatic rings. The molecule has 1 unspecified atom stereocenters. The van der Waals surface area contributed by atoms with Gasteiger partial charge in [0.15, 0.2) is 5.65 Å². The molecule has 1 aliphatic heterocycles. The number of fused-ring (bicyclic) bond motifs is 1. The predicted molar refractivity (Wildman–Crippen MR) is 72.5 cm³/mol. The summed E-state index contributed by atoms with van der Waals surface area (Å²) in [4.78, 5) is 11.7. The maximum absolute atomic E-state index is 4.72. The van der Waals surface area contributed by atoms with E-state index in [1.807, 2.05) is 18.3 Å². The molecule has 1 fully saturated rings. The van der Waals surface area contributed by atoms with Crippen LogP contribution in [-0.4, -0.2) is 38.6 Å². The standard InChI is InChI=1S/C14H20N4/c1-3-18-9-5-6-11(18)10-13-16-12-7-4-8-15-14(12)17(13)2/h4,7-8,11H,3,5-6,9-10H2,1-2H3. The third-order valence-corrected chi connectivity index (χ3v) is 4.04. The number of nitrogens with zero attached hydrogens (tertiary/aromatic N) is 4. The van der Waals surface area contributed by atoms with Gasteiger partial charge < -0.3 is 9.47 Å². The van der Waals surface area contributed by atoms with Crippen LogP contribution in [0.1, 0.15) is 25.6 Å². The number of hydrogen-bond donors (Lipinski definition) is 0. The minimum Gasteiger partial charge on any atom is -0.316 e. The van der Waals surface area contributed by atoms with Gasteiger partial charge in [-0.3, -0.25) is 0 Å². The van der Waals surface area contributed by atoms with Crippen LogP contribution >= 0.6 is 0 Å². The summed E-state index contributed by atoms with van der Waals surface area (Å²) in [5.74, 6) is 1.16. The van der Waals surface area contributed by atoms with Crippen molar-refractivity contribution in [2.45, 2.75) is 32.2 Å². The lowest BCUT2D eigenvalue weighted by Gasteiger charge is -2.22. The SMILES string of the molecule is CCN1CCCC1Cc1nc2cccnc2n1C. The average molecular weight is 244 g/mol. The number of rotatable bonds is 3. The molecule has 96 valence electrons. The fraction of sp³-hybridized carbons (Fsp3) is 0.571. The van der Waals surface area contributed by atoms with E-state index in [-0.39, 0.29) is 0 Å². The Hall–Kier alpha value is -1.42. The summed E-state index contributed by atoms with van der Waals surface area (Å²) >= 11 is 0. The molecule has 0 aliphatic carbocycles. The summed E-state index contributed by atoms with van der Waals surface area (Å²) in [6.07, 6.45) is 5.49. The molecule has 0 bridgehead atoms. The molecule has 3 rings (SSSR count). The molecule has 4 heteroatoms. The van der Waals surface area contributed by atoms with Gasteiger partial charge in [0, 0.05) is 25.7 Å². The van der Waals surface area contributed by atoms with Crippen LogP contribution in [0.4, 0.5) is 0 Å². The summed E-state index contributed by atoms with van der Waals surface area (Å²) in [7, 11) is 2.07. The number of pyridine rings is 1. The van der Waals surface area contributed by atoms with Crippen LogP contribution in [0.25, 0.3) is 11.2 Å². The Morgan fingerprint density at radius 1 is 1.44 bits per heavy atom. The molecule has 2 aromatic heterocycles. The van der Waals surface area contributed by atoms with E-state index in [0.29, 0.717) is 6.04 Å².